The van der Waals surface area contributed by atoms with Gasteiger partial charge in [-0.15, -0.1) is 0 Å². The van der Waals surface area contributed by atoms with Gasteiger partial charge in [0.2, 0.25) is 0 Å². The van der Waals surface area contributed by atoms with Crippen LogP contribution >= 0.6 is 0 Å². The molecule has 2 aromatic rings. The summed E-state index contributed by atoms with van der Waals surface area (Å²) in [6.45, 7) is 0.197. The number of ether oxygens (including phenoxy) is 2. The maximum Gasteiger partial charge on any atom is 0.469 e. The van der Waals surface area contributed by atoms with Crippen molar-refractivity contribution >= 4 is 13.0 Å². The van der Waals surface area contributed by atoms with E-state index in [1.807, 2.05) is 18.2 Å². The number of aromatic nitrogens is 1. The van der Waals surface area contributed by atoms with Gasteiger partial charge < -0.3 is 29.9 Å². The maximum absolute atomic E-state index is 12.3. The summed E-state index contributed by atoms with van der Waals surface area (Å²) in [4.78, 5) is 16.3. The molecule has 0 fully saturated rings. The zero-order chi connectivity index (χ0) is 21.1. The molecule has 9 nitrogen and oxygen atoms in total. The topological polar surface area (TPSA) is 133 Å². The second-order valence-corrected chi connectivity index (χ2v) is 6.33. The molecule has 0 bridgehead atoms. The quantitative estimate of drug-likeness (QED) is 0.239. The third-order valence-electron chi connectivity index (χ3n) is 4.13. The Balaban J connectivity index is 1.91. The van der Waals surface area contributed by atoms with E-state index in [9.17, 15) is 19.9 Å². The third kappa shape index (κ3) is 7.80. The Hall–Kier alpha value is -2.50. The summed E-state index contributed by atoms with van der Waals surface area (Å²) >= 11 is 0. The summed E-state index contributed by atoms with van der Waals surface area (Å²) in [6, 6.07) is 13.1. The highest BCUT2D eigenvalue weighted by Crippen LogP contribution is 2.09. The van der Waals surface area contributed by atoms with E-state index in [0.29, 0.717) is 5.75 Å². The molecular weight excluding hydrogens is 377 g/mol. The van der Waals surface area contributed by atoms with Gasteiger partial charge in [0, 0.05) is 19.2 Å². The third-order valence-corrected chi connectivity index (χ3v) is 4.13. The first-order valence-electron chi connectivity index (χ1n) is 9.20. The van der Waals surface area contributed by atoms with Gasteiger partial charge in [-0.1, -0.05) is 24.3 Å². The number of hydrogen-bond donors (Lipinski definition) is 5. The first-order valence-corrected chi connectivity index (χ1v) is 9.20. The number of carbonyl (C=O) groups excluding carboxylic acids is 1. The van der Waals surface area contributed by atoms with Gasteiger partial charge >= 0.3 is 7.12 Å². The zero-order valence-corrected chi connectivity index (χ0v) is 16.1. The normalized spacial score (nSPS) is 13.9. The molecule has 1 aromatic heterocycles. The number of amides is 1. The van der Waals surface area contributed by atoms with Crippen LogP contribution in [0.25, 0.3) is 0 Å². The summed E-state index contributed by atoms with van der Waals surface area (Å²) in [5.74, 6) is -0.721. The van der Waals surface area contributed by atoms with E-state index < -0.39 is 31.2 Å². The molecule has 0 aliphatic heterocycles. The fourth-order valence-electron chi connectivity index (χ4n) is 2.61. The predicted molar refractivity (Wildman–Crippen MR) is 107 cm³/mol. The Morgan fingerprint density at radius 3 is 2.52 bits per heavy atom. The number of nitrogens with one attached hydrogen (secondary N) is 2. The number of aliphatic hydroxyl groups is 1. The fraction of sp³-hybridized carbons (Fsp3) is 0.368. The number of para-hydroxylation sites is 1. The Labute approximate surface area is 169 Å². The average molecular weight is 403 g/mol. The monoisotopic (exact) mass is 403 g/mol. The van der Waals surface area contributed by atoms with Gasteiger partial charge in [-0.2, -0.15) is 0 Å². The van der Waals surface area contributed by atoms with E-state index in [0.717, 1.165) is 0 Å². The van der Waals surface area contributed by atoms with Crippen LogP contribution in [-0.2, 0) is 4.74 Å². The van der Waals surface area contributed by atoms with E-state index in [4.69, 9.17) is 9.47 Å². The molecule has 5 N–H and O–H groups in total. The van der Waals surface area contributed by atoms with Crippen LogP contribution in [0.1, 0.15) is 16.9 Å². The largest absolute Gasteiger partial charge is 0.494 e. The lowest BCUT2D eigenvalue weighted by atomic mass is 9.77. The van der Waals surface area contributed by atoms with Crippen LogP contribution < -0.4 is 15.4 Å². The van der Waals surface area contributed by atoms with Crippen LogP contribution in [0.2, 0.25) is 0 Å². The van der Waals surface area contributed by atoms with Crippen molar-refractivity contribution in [3.05, 3.63) is 60.4 Å². The molecule has 0 saturated heterocycles. The number of pyridine rings is 1. The van der Waals surface area contributed by atoms with Gasteiger partial charge in [-0.3, -0.25) is 15.1 Å². The molecule has 2 rings (SSSR count). The van der Waals surface area contributed by atoms with Crippen LogP contribution in [0.3, 0.4) is 0 Å². The lowest BCUT2D eigenvalue weighted by Crippen LogP contribution is -2.58. The molecule has 0 aliphatic rings. The number of methoxy groups -OCH3 is 1. The standard InChI is InChI=1S/C19H26BN3O6/c1-28-13-16(22-18(24)15-9-5-6-11-21-15)19(25)23-17(20(26)27)10-12-29-14-7-3-2-4-8-14/h2-9,11,16-17,19,23,25-27H,10,12-13H2,1H3,(H,22,24)/t16-,17+,19?/m1/s1. The van der Waals surface area contributed by atoms with Crippen molar-refractivity contribution in [1.82, 2.24) is 15.6 Å². The molecule has 1 unspecified atom stereocenters. The highest BCUT2D eigenvalue weighted by Gasteiger charge is 2.30. The Morgan fingerprint density at radius 1 is 1.17 bits per heavy atom. The molecule has 1 heterocycles. The van der Waals surface area contributed by atoms with Gasteiger partial charge in [0.05, 0.1) is 19.3 Å². The number of carbonyl (C=O) groups is 1. The zero-order valence-electron chi connectivity index (χ0n) is 16.1. The lowest BCUT2D eigenvalue weighted by molar-refractivity contribution is 0.0387. The van der Waals surface area contributed by atoms with Crippen molar-refractivity contribution in [1.29, 1.82) is 0 Å². The molecule has 0 aliphatic carbocycles. The maximum atomic E-state index is 12.3. The van der Waals surface area contributed by atoms with E-state index >= 15 is 0 Å². The van der Waals surface area contributed by atoms with Gasteiger partial charge in [0.1, 0.15) is 17.7 Å². The minimum absolute atomic E-state index is 0.00149. The number of nitrogens with zero attached hydrogens (tertiary/aromatic N) is 1. The van der Waals surface area contributed by atoms with Crippen molar-refractivity contribution in [3.63, 3.8) is 0 Å². The van der Waals surface area contributed by atoms with Crippen LogP contribution in [0.4, 0.5) is 0 Å². The summed E-state index contributed by atoms with van der Waals surface area (Å²) in [5.41, 5.74) is 0.191. The van der Waals surface area contributed by atoms with E-state index in [-0.39, 0.29) is 25.3 Å². The molecule has 1 aromatic carbocycles. The van der Waals surface area contributed by atoms with Crippen LogP contribution in [0.15, 0.2) is 54.7 Å². The fourth-order valence-corrected chi connectivity index (χ4v) is 2.61. The molecule has 1 amide bonds. The molecule has 3 atom stereocenters. The number of benzene rings is 1. The Bertz CT molecular complexity index is 722. The van der Waals surface area contributed by atoms with Gasteiger partial charge in [0.15, 0.2) is 0 Å². The second-order valence-electron chi connectivity index (χ2n) is 6.33. The van der Waals surface area contributed by atoms with E-state index in [1.165, 1.54) is 13.3 Å². The first kappa shape index (κ1) is 22.8. The number of aliphatic hydroxyl groups excluding tert-OH is 1. The summed E-state index contributed by atoms with van der Waals surface area (Å²) in [5, 5.41) is 35.1. The molecule has 0 radical (unpaired) electrons. The van der Waals surface area contributed by atoms with E-state index in [2.05, 4.69) is 15.6 Å². The van der Waals surface area contributed by atoms with Crippen molar-refractivity contribution in [2.24, 2.45) is 0 Å². The smallest absolute Gasteiger partial charge is 0.469 e. The van der Waals surface area contributed by atoms with Crippen molar-refractivity contribution in [2.75, 3.05) is 20.3 Å². The summed E-state index contributed by atoms with van der Waals surface area (Å²) in [7, 11) is -0.308. The van der Waals surface area contributed by atoms with E-state index in [1.54, 1.807) is 30.3 Å². The highest BCUT2D eigenvalue weighted by molar-refractivity contribution is 6.43. The van der Waals surface area contributed by atoms with Crippen molar-refractivity contribution in [2.45, 2.75) is 24.6 Å². The SMILES string of the molecule is COC[C@@H](NC(=O)c1ccccn1)C(O)N[C@@H](CCOc1ccccc1)B(O)O. The minimum atomic E-state index is -1.74. The minimum Gasteiger partial charge on any atom is -0.494 e. The predicted octanol–water partition coefficient (Wildman–Crippen LogP) is -0.416. The van der Waals surface area contributed by atoms with Crippen LogP contribution in [0.5, 0.6) is 5.75 Å². The van der Waals surface area contributed by atoms with Crippen molar-refractivity contribution in [3.8, 4) is 5.75 Å². The summed E-state index contributed by atoms with van der Waals surface area (Å²) in [6.07, 6.45) is 0.392. The second kappa shape index (κ2) is 12.1. The number of rotatable bonds is 12. The number of hydrogen-bond acceptors (Lipinski definition) is 8. The first-order chi connectivity index (χ1) is 14.0. The highest BCUT2D eigenvalue weighted by atomic mass is 16.5. The molecule has 10 heteroatoms. The van der Waals surface area contributed by atoms with Gasteiger partial charge in [-0.05, 0) is 30.7 Å². The average Bonchev–Trinajstić information content (AvgIpc) is 2.73. The van der Waals surface area contributed by atoms with Crippen LogP contribution in [0, 0.1) is 0 Å². The lowest BCUT2D eigenvalue weighted by Gasteiger charge is -2.28. The molecular formula is C19H26BN3O6. The Morgan fingerprint density at radius 2 is 1.90 bits per heavy atom. The molecule has 156 valence electrons. The van der Waals surface area contributed by atoms with Gasteiger partial charge in [-0.25, -0.2) is 0 Å². The van der Waals surface area contributed by atoms with Crippen molar-refractivity contribution < 1.29 is 29.4 Å². The summed E-state index contributed by atoms with van der Waals surface area (Å²) < 4.78 is 10.6. The molecule has 29 heavy (non-hydrogen) atoms. The molecule has 0 spiro atoms. The van der Waals surface area contributed by atoms with Crippen LogP contribution in [-0.4, -0.2) is 71.7 Å². The Kier molecular flexibility index (Phi) is 9.55. The van der Waals surface area contributed by atoms with Gasteiger partial charge in [0.25, 0.3) is 5.91 Å². The molecule has 0 saturated carbocycles.